The molecule has 0 saturated heterocycles. The smallest absolute Gasteiger partial charge is 0.182 e. The van der Waals surface area contributed by atoms with Crippen molar-refractivity contribution in [2.75, 3.05) is 5.73 Å². The fraction of sp³-hybridized carbons (Fsp3) is 0.158. The molecule has 3 aromatic heterocycles. The Labute approximate surface area is 170 Å². The fourth-order valence-electron chi connectivity index (χ4n) is 3.41. The van der Waals surface area contributed by atoms with Gasteiger partial charge in [0.2, 0.25) is 0 Å². The van der Waals surface area contributed by atoms with Crippen LogP contribution in [0.1, 0.15) is 16.8 Å². The van der Waals surface area contributed by atoms with Crippen molar-refractivity contribution in [3.8, 4) is 22.9 Å². The number of halogens is 1. The van der Waals surface area contributed by atoms with Crippen LogP contribution in [0.2, 0.25) is 0 Å². The fourth-order valence-corrected chi connectivity index (χ4v) is 4.92. The van der Waals surface area contributed by atoms with E-state index in [0.29, 0.717) is 33.9 Å². The standard InChI is InChI=1S/C19H15FN6O3S/c20-13-4-2-1-3-11(13)8-26-17(14-5-6-29-25-14)7-15(24-26)19-22-16-10-30(27,28)9-12(16)18(21)23-19/h1-7H,8-10H2,(H2,21,22,23). The number of hydrogen-bond donors (Lipinski definition) is 1. The van der Waals surface area contributed by atoms with Gasteiger partial charge in [0.05, 0.1) is 29.4 Å². The highest BCUT2D eigenvalue weighted by Gasteiger charge is 2.30. The largest absolute Gasteiger partial charge is 0.383 e. The minimum absolute atomic E-state index is 0.114. The van der Waals surface area contributed by atoms with E-state index >= 15 is 0 Å². The van der Waals surface area contributed by atoms with Gasteiger partial charge in [-0.05, 0) is 12.1 Å². The molecule has 4 aromatic rings. The number of nitrogens with zero attached hydrogens (tertiary/aromatic N) is 5. The summed E-state index contributed by atoms with van der Waals surface area (Å²) >= 11 is 0. The lowest BCUT2D eigenvalue weighted by Gasteiger charge is -2.06. The summed E-state index contributed by atoms with van der Waals surface area (Å²) in [5.74, 6) is -0.402. The highest BCUT2D eigenvalue weighted by atomic mass is 32.2. The second-order valence-corrected chi connectivity index (χ2v) is 9.00. The zero-order chi connectivity index (χ0) is 20.9. The van der Waals surface area contributed by atoms with Crippen LogP contribution in [0.5, 0.6) is 0 Å². The first-order chi connectivity index (χ1) is 14.4. The molecule has 30 heavy (non-hydrogen) atoms. The van der Waals surface area contributed by atoms with Gasteiger partial charge >= 0.3 is 0 Å². The van der Waals surface area contributed by atoms with Gasteiger partial charge in [0.15, 0.2) is 15.7 Å². The summed E-state index contributed by atoms with van der Waals surface area (Å²) in [5.41, 5.74) is 8.67. The molecule has 1 aliphatic rings. The first kappa shape index (κ1) is 18.4. The van der Waals surface area contributed by atoms with E-state index in [1.165, 1.54) is 12.3 Å². The van der Waals surface area contributed by atoms with Crippen molar-refractivity contribution >= 4 is 15.7 Å². The summed E-state index contributed by atoms with van der Waals surface area (Å²) in [6.45, 7) is 0.143. The molecule has 9 nitrogen and oxygen atoms in total. The molecule has 0 unspecified atom stereocenters. The second-order valence-electron chi connectivity index (χ2n) is 6.94. The highest BCUT2D eigenvalue weighted by Crippen LogP contribution is 2.31. The number of aromatic nitrogens is 5. The van der Waals surface area contributed by atoms with Crippen LogP contribution in [0, 0.1) is 5.82 Å². The van der Waals surface area contributed by atoms with Crippen molar-refractivity contribution in [2.45, 2.75) is 18.1 Å². The number of rotatable bonds is 4. The Kier molecular flexibility index (Phi) is 4.13. The highest BCUT2D eigenvalue weighted by molar-refractivity contribution is 7.90. The first-order valence-corrected chi connectivity index (χ1v) is 10.8. The van der Waals surface area contributed by atoms with Crippen molar-refractivity contribution < 1.29 is 17.3 Å². The summed E-state index contributed by atoms with van der Waals surface area (Å²) in [4.78, 5) is 8.63. The predicted octanol–water partition coefficient (Wildman–Crippen LogP) is 2.19. The third kappa shape index (κ3) is 3.22. The van der Waals surface area contributed by atoms with Gasteiger partial charge in [0.25, 0.3) is 0 Å². The van der Waals surface area contributed by atoms with Gasteiger partial charge in [-0.25, -0.2) is 22.8 Å². The maximum atomic E-state index is 14.2. The Morgan fingerprint density at radius 1 is 1.13 bits per heavy atom. The molecule has 2 N–H and O–H groups in total. The molecule has 0 aliphatic carbocycles. The van der Waals surface area contributed by atoms with E-state index in [-0.39, 0.29) is 35.5 Å². The van der Waals surface area contributed by atoms with Gasteiger partial charge in [0, 0.05) is 17.2 Å². The Morgan fingerprint density at radius 3 is 2.73 bits per heavy atom. The molecule has 0 fully saturated rings. The van der Waals surface area contributed by atoms with Crippen LogP contribution in [0.4, 0.5) is 10.2 Å². The molecule has 1 aromatic carbocycles. The number of sulfone groups is 1. The SMILES string of the molecule is Nc1nc(-c2cc(-c3ccon3)n(Cc3ccccc3F)n2)nc2c1CS(=O)(=O)C2. The van der Waals surface area contributed by atoms with Crippen molar-refractivity contribution in [3.63, 3.8) is 0 Å². The van der Waals surface area contributed by atoms with E-state index in [9.17, 15) is 12.8 Å². The third-order valence-electron chi connectivity index (χ3n) is 4.83. The lowest BCUT2D eigenvalue weighted by Crippen LogP contribution is -2.06. The van der Waals surface area contributed by atoms with Gasteiger partial charge < -0.3 is 10.3 Å². The van der Waals surface area contributed by atoms with Crippen molar-refractivity contribution in [1.29, 1.82) is 0 Å². The number of nitrogen functional groups attached to an aromatic ring is 1. The lowest BCUT2D eigenvalue weighted by molar-refractivity contribution is 0.421. The van der Waals surface area contributed by atoms with Crippen LogP contribution in [0.15, 0.2) is 47.2 Å². The van der Waals surface area contributed by atoms with Crippen LogP contribution in [0.25, 0.3) is 22.9 Å². The molecule has 0 saturated carbocycles. The number of anilines is 1. The predicted molar refractivity (Wildman–Crippen MR) is 105 cm³/mol. The number of fused-ring (bicyclic) bond motifs is 1. The molecule has 11 heteroatoms. The van der Waals surface area contributed by atoms with Crippen LogP contribution in [-0.2, 0) is 27.9 Å². The Bertz CT molecular complexity index is 1370. The molecular formula is C19H15FN6O3S. The molecule has 0 radical (unpaired) electrons. The Balaban J connectivity index is 1.61. The van der Waals surface area contributed by atoms with E-state index in [1.54, 1.807) is 35.0 Å². The normalized spacial score (nSPS) is 14.7. The average molecular weight is 426 g/mol. The summed E-state index contributed by atoms with van der Waals surface area (Å²) in [6, 6.07) is 9.73. The number of benzene rings is 1. The summed E-state index contributed by atoms with van der Waals surface area (Å²) in [7, 11) is -3.28. The summed E-state index contributed by atoms with van der Waals surface area (Å²) in [5, 5.41) is 8.45. The van der Waals surface area contributed by atoms with Crippen molar-refractivity contribution in [1.82, 2.24) is 24.9 Å². The van der Waals surface area contributed by atoms with E-state index in [2.05, 4.69) is 20.2 Å². The van der Waals surface area contributed by atoms with Crippen molar-refractivity contribution in [3.05, 3.63) is 65.3 Å². The van der Waals surface area contributed by atoms with Gasteiger partial charge in [-0.1, -0.05) is 23.4 Å². The summed E-state index contributed by atoms with van der Waals surface area (Å²) < 4.78 is 44.6. The van der Waals surface area contributed by atoms with Crippen molar-refractivity contribution in [2.24, 2.45) is 0 Å². The molecule has 0 atom stereocenters. The quantitative estimate of drug-likeness (QED) is 0.526. The van der Waals surface area contributed by atoms with Gasteiger partial charge in [-0.2, -0.15) is 5.10 Å². The van der Waals surface area contributed by atoms with Crippen LogP contribution >= 0.6 is 0 Å². The minimum atomic E-state index is -3.28. The molecular weight excluding hydrogens is 411 g/mol. The first-order valence-electron chi connectivity index (χ1n) is 8.98. The maximum absolute atomic E-state index is 14.2. The zero-order valence-electron chi connectivity index (χ0n) is 15.5. The zero-order valence-corrected chi connectivity index (χ0v) is 16.3. The van der Waals surface area contributed by atoms with Gasteiger partial charge in [-0.15, -0.1) is 0 Å². The monoisotopic (exact) mass is 426 g/mol. The molecule has 152 valence electrons. The van der Waals surface area contributed by atoms with Gasteiger partial charge in [-0.3, -0.25) is 4.68 Å². The molecule has 0 amide bonds. The van der Waals surface area contributed by atoms with Crippen LogP contribution in [-0.4, -0.2) is 33.3 Å². The average Bonchev–Trinajstić information content (AvgIpc) is 3.41. The molecule has 5 rings (SSSR count). The molecule has 1 aliphatic heterocycles. The summed E-state index contributed by atoms with van der Waals surface area (Å²) in [6.07, 6.45) is 1.42. The lowest BCUT2D eigenvalue weighted by atomic mass is 10.2. The van der Waals surface area contributed by atoms with Crippen LogP contribution < -0.4 is 5.73 Å². The van der Waals surface area contributed by atoms with E-state index in [0.717, 1.165) is 0 Å². The number of hydrogen-bond acceptors (Lipinski definition) is 8. The molecule has 0 spiro atoms. The number of nitrogens with two attached hydrogens (primary N) is 1. The molecule has 4 heterocycles. The Morgan fingerprint density at radius 2 is 1.97 bits per heavy atom. The van der Waals surface area contributed by atoms with E-state index in [1.807, 2.05) is 0 Å². The Hall–Kier alpha value is -3.60. The van der Waals surface area contributed by atoms with E-state index in [4.69, 9.17) is 10.3 Å². The minimum Gasteiger partial charge on any atom is -0.383 e. The van der Waals surface area contributed by atoms with Gasteiger partial charge in [0.1, 0.15) is 29.3 Å². The molecule has 0 bridgehead atoms. The second kappa shape index (κ2) is 6.73. The third-order valence-corrected chi connectivity index (χ3v) is 6.27. The topological polar surface area (TPSA) is 130 Å². The van der Waals surface area contributed by atoms with Crippen LogP contribution in [0.3, 0.4) is 0 Å². The maximum Gasteiger partial charge on any atom is 0.182 e. The van der Waals surface area contributed by atoms with E-state index < -0.39 is 9.84 Å².